The molecule has 0 unspecified atom stereocenters. The molecule has 2 aromatic rings. The van der Waals surface area contributed by atoms with Crippen molar-refractivity contribution in [1.82, 2.24) is 15.0 Å². The van der Waals surface area contributed by atoms with Crippen LogP contribution in [0.25, 0.3) is 11.2 Å². The first-order valence-electron chi connectivity index (χ1n) is 7.13. The number of imidazole rings is 1. The molecule has 96 valence electrons. The molecule has 1 saturated carbocycles. The number of aromatic nitrogens is 3. The van der Waals surface area contributed by atoms with Crippen LogP contribution in [0.2, 0.25) is 0 Å². The minimum atomic E-state index is 0.869. The summed E-state index contributed by atoms with van der Waals surface area (Å²) in [7, 11) is 0. The van der Waals surface area contributed by atoms with Gasteiger partial charge >= 0.3 is 0 Å². The number of rotatable bonds is 3. The fourth-order valence-electron chi connectivity index (χ4n) is 3.02. The maximum absolute atomic E-state index is 4.64. The van der Waals surface area contributed by atoms with E-state index in [0.717, 1.165) is 29.3 Å². The molecule has 1 aliphatic carbocycles. The summed E-state index contributed by atoms with van der Waals surface area (Å²) in [6.45, 7) is 1.98. The Morgan fingerprint density at radius 2 is 2.00 bits per heavy atom. The molecule has 0 saturated heterocycles. The maximum atomic E-state index is 4.64. The lowest BCUT2D eigenvalue weighted by atomic mass is 9.86. The monoisotopic (exact) mass is 243 g/mol. The van der Waals surface area contributed by atoms with Gasteiger partial charge in [0.15, 0.2) is 5.65 Å². The number of aryl methyl sites for hydroxylation is 2. The zero-order valence-electron chi connectivity index (χ0n) is 11.1. The first-order chi connectivity index (χ1) is 8.81. The SMILES string of the molecule is Cc1nc2nc(CCC3CCCCC3)ccc2[nH]1. The van der Waals surface area contributed by atoms with Gasteiger partial charge in [-0.3, -0.25) is 0 Å². The van der Waals surface area contributed by atoms with Crippen molar-refractivity contribution < 1.29 is 0 Å². The summed E-state index contributed by atoms with van der Waals surface area (Å²) in [4.78, 5) is 12.3. The molecule has 2 heterocycles. The summed E-state index contributed by atoms with van der Waals surface area (Å²) in [5.74, 6) is 1.87. The number of hydrogen-bond donors (Lipinski definition) is 1. The Morgan fingerprint density at radius 3 is 2.83 bits per heavy atom. The van der Waals surface area contributed by atoms with Gasteiger partial charge in [0.1, 0.15) is 5.82 Å². The zero-order valence-corrected chi connectivity index (χ0v) is 11.1. The molecule has 3 nitrogen and oxygen atoms in total. The third-order valence-electron chi connectivity index (χ3n) is 4.06. The van der Waals surface area contributed by atoms with Crippen LogP contribution >= 0.6 is 0 Å². The number of hydrogen-bond acceptors (Lipinski definition) is 2. The molecular formula is C15H21N3. The Morgan fingerprint density at radius 1 is 1.17 bits per heavy atom. The van der Waals surface area contributed by atoms with E-state index in [2.05, 4.69) is 27.1 Å². The highest BCUT2D eigenvalue weighted by Crippen LogP contribution is 2.27. The van der Waals surface area contributed by atoms with Crippen molar-refractivity contribution in [3.8, 4) is 0 Å². The molecule has 3 heteroatoms. The fraction of sp³-hybridized carbons (Fsp3) is 0.600. The number of aromatic amines is 1. The molecule has 1 N–H and O–H groups in total. The van der Waals surface area contributed by atoms with Crippen LogP contribution in [0, 0.1) is 12.8 Å². The quantitative estimate of drug-likeness (QED) is 0.891. The molecule has 18 heavy (non-hydrogen) atoms. The lowest BCUT2D eigenvalue weighted by Gasteiger charge is -2.21. The van der Waals surface area contributed by atoms with Crippen molar-refractivity contribution in [2.24, 2.45) is 5.92 Å². The van der Waals surface area contributed by atoms with Crippen molar-refractivity contribution in [3.05, 3.63) is 23.7 Å². The first kappa shape index (κ1) is 11.7. The van der Waals surface area contributed by atoms with Gasteiger partial charge in [0, 0.05) is 5.69 Å². The number of fused-ring (bicyclic) bond motifs is 1. The van der Waals surface area contributed by atoms with Crippen LogP contribution in [-0.2, 0) is 6.42 Å². The minimum absolute atomic E-state index is 0.869. The predicted octanol–water partition coefficient (Wildman–Crippen LogP) is 3.78. The summed E-state index contributed by atoms with van der Waals surface area (Å²) in [6, 6.07) is 4.25. The van der Waals surface area contributed by atoms with E-state index in [1.54, 1.807) is 0 Å². The molecule has 0 bridgehead atoms. The maximum Gasteiger partial charge on any atom is 0.177 e. The van der Waals surface area contributed by atoms with Crippen molar-refractivity contribution in [2.75, 3.05) is 0 Å². The molecular weight excluding hydrogens is 222 g/mol. The van der Waals surface area contributed by atoms with Gasteiger partial charge in [0.05, 0.1) is 5.52 Å². The van der Waals surface area contributed by atoms with Crippen LogP contribution < -0.4 is 0 Å². The van der Waals surface area contributed by atoms with Crippen LogP contribution in [0.5, 0.6) is 0 Å². The van der Waals surface area contributed by atoms with Gasteiger partial charge in [-0.1, -0.05) is 32.1 Å². The van der Waals surface area contributed by atoms with Crippen LogP contribution in [0.1, 0.15) is 50.0 Å². The Kier molecular flexibility index (Phi) is 3.31. The lowest BCUT2D eigenvalue weighted by molar-refractivity contribution is 0.338. The molecule has 1 fully saturated rings. The Balaban J connectivity index is 1.66. The second-order valence-corrected chi connectivity index (χ2v) is 5.54. The van der Waals surface area contributed by atoms with E-state index in [1.165, 1.54) is 44.2 Å². The van der Waals surface area contributed by atoms with Gasteiger partial charge in [-0.2, -0.15) is 0 Å². The van der Waals surface area contributed by atoms with Crippen LogP contribution in [0.4, 0.5) is 0 Å². The van der Waals surface area contributed by atoms with Gasteiger partial charge < -0.3 is 4.98 Å². The van der Waals surface area contributed by atoms with Crippen molar-refractivity contribution in [2.45, 2.75) is 51.9 Å². The standard InChI is InChI=1S/C15H21N3/c1-11-16-14-10-9-13(18-15(14)17-11)8-7-12-5-3-2-4-6-12/h9-10,12H,2-8H2,1H3,(H,16,17,18). The predicted molar refractivity (Wildman–Crippen MR) is 73.5 cm³/mol. The highest BCUT2D eigenvalue weighted by Gasteiger charge is 2.13. The third kappa shape index (κ3) is 2.55. The Bertz CT molecular complexity index is 524. The molecule has 0 radical (unpaired) electrons. The van der Waals surface area contributed by atoms with Gasteiger partial charge in [-0.25, -0.2) is 9.97 Å². The van der Waals surface area contributed by atoms with E-state index in [9.17, 15) is 0 Å². The summed E-state index contributed by atoms with van der Waals surface area (Å²) in [6.07, 6.45) is 9.53. The van der Waals surface area contributed by atoms with Gasteiger partial charge in [-0.05, 0) is 37.8 Å². The highest BCUT2D eigenvalue weighted by molar-refractivity contribution is 5.70. The second-order valence-electron chi connectivity index (χ2n) is 5.54. The fourth-order valence-corrected chi connectivity index (χ4v) is 3.02. The van der Waals surface area contributed by atoms with Crippen molar-refractivity contribution in [3.63, 3.8) is 0 Å². The van der Waals surface area contributed by atoms with Crippen molar-refractivity contribution >= 4 is 11.2 Å². The molecule has 0 atom stereocenters. The smallest absolute Gasteiger partial charge is 0.177 e. The summed E-state index contributed by atoms with van der Waals surface area (Å²) < 4.78 is 0. The average Bonchev–Trinajstić information content (AvgIpc) is 2.77. The summed E-state index contributed by atoms with van der Waals surface area (Å²) in [5.41, 5.74) is 3.11. The molecule has 0 spiro atoms. The average molecular weight is 243 g/mol. The molecule has 0 aliphatic heterocycles. The topological polar surface area (TPSA) is 41.6 Å². The van der Waals surface area contributed by atoms with E-state index in [1.807, 2.05) is 6.92 Å². The summed E-state index contributed by atoms with van der Waals surface area (Å²) >= 11 is 0. The van der Waals surface area contributed by atoms with E-state index in [4.69, 9.17) is 0 Å². The van der Waals surface area contributed by atoms with Gasteiger partial charge in [-0.15, -0.1) is 0 Å². The Labute approximate surface area is 108 Å². The normalized spacial score (nSPS) is 17.4. The zero-order chi connectivity index (χ0) is 12.4. The van der Waals surface area contributed by atoms with Gasteiger partial charge in [0.25, 0.3) is 0 Å². The lowest BCUT2D eigenvalue weighted by Crippen LogP contribution is -2.07. The van der Waals surface area contributed by atoms with E-state index in [0.29, 0.717) is 0 Å². The van der Waals surface area contributed by atoms with E-state index < -0.39 is 0 Å². The van der Waals surface area contributed by atoms with Crippen LogP contribution in [0.15, 0.2) is 12.1 Å². The number of H-pyrrole nitrogens is 1. The third-order valence-corrected chi connectivity index (χ3v) is 4.06. The van der Waals surface area contributed by atoms with Crippen LogP contribution in [0.3, 0.4) is 0 Å². The Hall–Kier alpha value is -1.38. The van der Waals surface area contributed by atoms with E-state index in [-0.39, 0.29) is 0 Å². The van der Waals surface area contributed by atoms with Crippen molar-refractivity contribution in [1.29, 1.82) is 0 Å². The molecule has 2 aromatic heterocycles. The largest absolute Gasteiger partial charge is 0.341 e. The van der Waals surface area contributed by atoms with E-state index >= 15 is 0 Å². The first-order valence-corrected chi connectivity index (χ1v) is 7.13. The van der Waals surface area contributed by atoms with Crippen LogP contribution in [-0.4, -0.2) is 15.0 Å². The van der Waals surface area contributed by atoms with Gasteiger partial charge in [0.2, 0.25) is 0 Å². The molecule has 0 aromatic carbocycles. The molecule has 0 amide bonds. The number of nitrogens with zero attached hydrogens (tertiary/aromatic N) is 2. The number of nitrogens with one attached hydrogen (secondary N) is 1. The minimum Gasteiger partial charge on any atom is -0.341 e. The molecule has 1 aliphatic rings. The number of pyridine rings is 1. The highest BCUT2D eigenvalue weighted by atomic mass is 15.0. The second kappa shape index (κ2) is 5.09. The summed E-state index contributed by atoms with van der Waals surface area (Å²) in [5, 5.41) is 0. The molecule has 3 rings (SSSR count).